The summed E-state index contributed by atoms with van der Waals surface area (Å²) < 4.78 is 25.8. The van der Waals surface area contributed by atoms with Crippen molar-refractivity contribution < 1.29 is 13.9 Å². The molecule has 0 bridgehead atoms. The standard InChI is InChI=1S/C11H15F2NO/c1-7(2)14-11(6-15)8-3-9(12)5-10(13)4-8/h3-5,7,11,14-15H,6H2,1-2H3. The van der Waals surface area contributed by atoms with Gasteiger partial charge in [-0.2, -0.15) is 0 Å². The Kier molecular flexibility index (Phi) is 4.17. The van der Waals surface area contributed by atoms with Crippen LogP contribution in [-0.2, 0) is 0 Å². The molecule has 0 saturated carbocycles. The highest BCUT2D eigenvalue weighted by Crippen LogP contribution is 2.16. The van der Waals surface area contributed by atoms with Gasteiger partial charge in [-0.3, -0.25) is 0 Å². The van der Waals surface area contributed by atoms with E-state index in [4.69, 9.17) is 5.11 Å². The number of hydrogen-bond donors (Lipinski definition) is 2. The summed E-state index contributed by atoms with van der Waals surface area (Å²) in [5, 5.41) is 12.1. The van der Waals surface area contributed by atoms with Crippen LogP contribution in [0.15, 0.2) is 18.2 Å². The third-order valence-corrected chi connectivity index (χ3v) is 2.00. The first-order valence-corrected chi connectivity index (χ1v) is 4.86. The molecule has 0 aliphatic heterocycles. The second kappa shape index (κ2) is 5.19. The second-order valence-corrected chi connectivity index (χ2v) is 3.76. The molecule has 4 heteroatoms. The topological polar surface area (TPSA) is 32.3 Å². The maximum absolute atomic E-state index is 12.9. The van der Waals surface area contributed by atoms with Gasteiger partial charge in [-0.25, -0.2) is 8.78 Å². The molecule has 0 spiro atoms. The number of rotatable bonds is 4. The van der Waals surface area contributed by atoms with Crippen molar-refractivity contribution in [2.75, 3.05) is 6.61 Å². The predicted molar refractivity (Wildman–Crippen MR) is 54.5 cm³/mol. The molecule has 1 unspecified atom stereocenters. The first-order valence-electron chi connectivity index (χ1n) is 4.86. The molecular weight excluding hydrogens is 200 g/mol. The zero-order chi connectivity index (χ0) is 11.4. The third-order valence-electron chi connectivity index (χ3n) is 2.00. The van der Waals surface area contributed by atoms with Crippen molar-refractivity contribution in [2.45, 2.75) is 25.9 Å². The Morgan fingerprint density at radius 2 is 1.73 bits per heavy atom. The monoisotopic (exact) mass is 215 g/mol. The van der Waals surface area contributed by atoms with E-state index in [-0.39, 0.29) is 12.6 Å². The fourth-order valence-corrected chi connectivity index (χ4v) is 1.43. The van der Waals surface area contributed by atoms with Crippen LogP contribution in [0.5, 0.6) is 0 Å². The van der Waals surface area contributed by atoms with Crippen molar-refractivity contribution in [1.29, 1.82) is 0 Å². The average molecular weight is 215 g/mol. The van der Waals surface area contributed by atoms with Gasteiger partial charge >= 0.3 is 0 Å². The van der Waals surface area contributed by atoms with Crippen molar-refractivity contribution in [2.24, 2.45) is 0 Å². The van der Waals surface area contributed by atoms with Gasteiger partial charge < -0.3 is 10.4 Å². The van der Waals surface area contributed by atoms with Crippen LogP contribution in [0.3, 0.4) is 0 Å². The van der Waals surface area contributed by atoms with E-state index in [0.29, 0.717) is 5.56 Å². The molecule has 15 heavy (non-hydrogen) atoms. The van der Waals surface area contributed by atoms with Crippen LogP contribution in [0.2, 0.25) is 0 Å². The summed E-state index contributed by atoms with van der Waals surface area (Å²) in [6.07, 6.45) is 0. The van der Waals surface area contributed by atoms with Crippen LogP contribution in [-0.4, -0.2) is 17.8 Å². The second-order valence-electron chi connectivity index (χ2n) is 3.76. The zero-order valence-corrected chi connectivity index (χ0v) is 8.80. The van der Waals surface area contributed by atoms with E-state index < -0.39 is 17.7 Å². The van der Waals surface area contributed by atoms with Gasteiger partial charge in [0.25, 0.3) is 0 Å². The average Bonchev–Trinajstić information content (AvgIpc) is 2.12. The SMILES string of the molecule is CC(C)NC(CO)c1cc(F)cc(F)c1. The highest BCUT2D eigenvalue weighted by molar-refractivity contribution is 5.21. The number of hydrogen-bond acceptors (Lipinski definition) is 2. The number of aliphatic hydroxyl groups is 1. The first-order chi connectivity index (χ1) is 7.02. The Labute approximate surface area is 87.9 Å². The van der Waals surface area contributed by atoms with E-state index >= 15 is 0 Å². The van der Waals surface area contributed by atoms with Crippen molar-refractivity contribution in [3.63, 3.8) is 0 Å². The maximum Gasteiger partial charge on any atom is 0.126 e. The molecule has 1 aromatic carbocycles. The van der Waals surface area contributed by atoms with Gasteiger partial charge in [0, 0.05) is 12.1 Å². The zero-order valence-electron chi connectivity index (χ0n) is 8.80. The van der Waals surface area contributed by atoms with Gasteiger partial charge in [-0.05, 0) is 17.7 Å². The van der Waals surface area contributed by atoms with Crippen LogP contribution in [0.1, 0.15) is 25.5 Å². The van der Waals surface area contributed by atoms with Gasteiger partial charge in [-0.1, -0.05) is 13.8 Å². The molecular formula is C11H15F2NO. The van der Waals surface area contributed by atoms with Crippen LogP contribution in [0.25, 0.3) is 0 Å². The highest BCUT2D eigenvalue weighted by Gasteiger charge is 2.13. The number of nitrogens with one attached hydrogen (secondary N) is 1. The molecule has 1 atom stereocenters. The van der Waals surface area contributed by atoms with Gasteiger partial charge in [-0.15, -0.1) is 0 Å². The normalized spacial score (nSPS) is 13.2. The summed E-state index contributed by atoms with van der Waals surface area (Å²) in [7, 11) is 0. The van der Waals surface area contributed by atoms with Crippen LogP contribution in [0.4, 0.5) is 8.78 Å². The molecule has 0 aliphatic carbocycles. The molecule has 0 aliphatic rings. The Hall–Kier alpha value is -1.00. The summed E-state index contributed by atoms with van der Waals surface area (Å²) >= 11 is 0. The fraction of sp³-hybridized carbons (Fsp3) is 0.455. The number of aliphatic hydroxyl groups excluding tert-OH is 1. The lowest BCUT2D eigenvalue weighted by Crippen LogP contribution is -2.30. The first kappa shape index (κ1) is 12.1. The molecule has 0 heterocycles. The highest BCUT2D eigenvalue weighted by atomic mass is 19.1. The van der Waals surface area contributed by atoms with E-state index in [0.717, 1.165) is 6.07 Å². The molecule has 1 rings (SSSR count). The lowest BCUT2D eigenvalue weighted by atomic mass is 10.1. The van der Waals surface area contributed by atoms with E-state index in [1.54, 1.807) is 0 Å². The van der Waals surface area contributed by atoms with E-state index in [1.165, 1.54) is 12.1 Å². The molecule has 0 amide bonds. The van der Waals surface area contributed by atoms with E-state index in [1.807, 2.05) is 13.8 Å². The minimum atomic E-state index is -0.631. The summed E-state index contributed by atoms with van der Waals surface area (Å²) in [5.74, 6) is -1.26. The van der Waals surface area contributed by atoms with Gasteiger partial charge in [0.1, 0.15) is 11.6 Å². The minimum Gasteiger partial charge on any atom is -0.394 e. The van der Waals surface area contributed by atoms with Crippen LogP contribution < -0.4 is 5.32 Å². The van der Waals surface area contributed by atoms with E-state index in [9.17, 15) is 8.78 Å². The fourth-order valence-electron chi connectivity index (χ4n) is 1.43. The molecule has 0 fully saturated rings. The third kappa shape index (κ3) is 3.57. The minimum absolute atomic E-state index is 0.133. The Morgan fingerprint density at radius 1 is 1.20 bits per heavy atom. The lowest BCUT2D eigenvalue weighted by molar-refractivity contribution is 0.237. The largest absolute Gasteiger partial charge is 0.394 e. The predicted octanol–water partition coefficient (Wildman–Crippen LogP) is 2.00. The van der Waals surface area contributed by atoms with Crippen molar-refractivity contribution >= 4 is 0 Å². The molecule has 0 radical (unpaired) electrons. The van der Waals surface area contributed by atoms with Gasteiger partial charge in [0.05, 0.1) is 12.6 Å². The Morgan fingerprint density at radius 3 is 2.13 bits per heavy atom. The Bertz CT molecular complexity index is 308. The van der Waals surface area contributed by atoms with E-state index in [2.05, 4.69) is 5.32 Å². The summed E-state index contributed by atoms with van der Waals surface area (Å²) in [6.45, 7) is 3.61. The number of benzene rings is 1. The van der Waals surface area contributed by atoms with Crippen molar-refractivity contribution in [3.8, 4) is 0 Å². The lowest BCUT2D eigenvalue weighted by Gasteiger charge is -2.19. The summed E-state index contributed by atoms with van der Waals surface area (Å²) in [6, 6.07) is 2.95. The van der Waals surface area contributed by atoms with Crippen LogP contribution in [0, 0.1) is 11.6 Å². The molecule has 2 N–H and O–H groups in total. The quantitative estimate of drug-likeness (QED) is 0.805. The van der Waals surface area contributed by atoms with Crippen LogP contribution >= 0.6 is 0 Å². The van der Waals surface area contributed by atoms with Gasteiger partial charge in [0.15, 0.2) is 0 Å². The molecule has 2 nitrogen and oxygen atoms in total. The maximum atomic E-state index is 12.9. The molecule has 0 saturated heterocycles. The summed E-state index contributed by atoms with van der Waals surface area (Å²) in [4.78, 5) is 0. The van der Waals surface area contributed by atoms with Gasteiger partial charge in [0.2, 0.25) is 0 Å². The van der Waals surface area contributed by atoms with Crippen molar-refractivity contribution in [3.05, 3.63) is 35.4 Å². The molecule has 84 valence electrons. The van der Waals surface area contributed by atoms with Crippen molar-refractivity contribution in [1.82, 2.24) is 5.32 Å². The summed E-state index contributed by atoms with van der Waals surface area (Å²) in [5.41, 5.74) is 0.420. The smallest absolute Gasteiger partial charge is 0.126 e. The Balaban J connectivity index is 2.91. The molecule has 0 aromatic heterocycles. The number of halogens is 2. The molecule has 1 aromatic rings.